The lowest BCUT2D eigenvalue weighted by Gasteiger charge is -2.34. The van der Waals surface area contributed by atoms with Crippen molar-refractivity contribution in [2.45, 2.75) is 78.2 Å². The second kappa shape index (κ2) is 18.0. The molecule has 2 aliphatic heterocycles. The Morgan fingerprint density at radius 3 is 1.53 bits per heavy atom. The second-order valence-electron chi connectivity index (χ2n) is 14.4. The van der Waals surface area contributed by atoms with Gasteiger partial charge >= 0.3 is 0 Å². The van der Waals surface area contributed by atoms with Crippen LogP contribution in [-0.2, 0) is 22.7 Å². The van der Waals surface area contributed by atoms with Crippen LogP contribution in [0.3, 0.4) is 0 Å². The smallest absolute Gasteiger partial charge is 0.246 e. The highest BCUT2D eigenvalue weighted by Crippen LogP contribution is 2.32. The molecule has 2 aliphatic rings. The standard InChI is InChI=1S/2C20H24FN7O2/c2*1-4-16(29)27-7-6-14(21)15(11-27)30-19-17-12(3)8-22-18(17)25-20(26-19)24-13-9-23-28(5-2)10-13/h2*4,8-10,14-15H,1,5-7,11H2,2-3H3,(H2,22,24,25,26)/t2*14-,15+/m10/s1. The van der Waals surface area contributed by atoms with Gasteiger partial charge in [0.15, 0.2) is 0 Å². The van der Waals surface area contributed by atoms with Crippen LogP contribution in [0.15, 0.2) is 62.5 Å². The Morgan fingerprint density at radius 1 is 0.750 bits per heavy atom. The van der Waals surface area contributed by atoms with E-state index < -0.39 is 24.6 Å². The summed E-state index contributed by atoms with van der Waals surface area (Å²) in [7, 11) is 0. The average molecular weight is 827 g/mol. The molecule has 6 aromatic rings. The van der Waals surface area contributed by atoms with E-state index >= 15 is 0 Å². The monoisotopic (exact) mass is 826 g/mol. The molecule has 0 aromatic carbocycles. The van der Waals surface area contributed by atoms with E-state index in [0.29, 0.717) is 47.1 Å². The maximum atomic E-state index is 14.6. The Kier molecular flexibility index (Phi) is 12.4. The molecule has 60 heavy (non-hydrogen) atoms. The van der Waals surface area contributed by atoms with E-state index in [2.05, 4.69) is 63.9 Å². The van der Waals surface area contributed by atoms with E-state index in [1.807, 2.05) is 40.1 Å². The molecular weight excluding hydrogens is 779 g/mol. The molecule has 8 heterocycles. The number of amides is 2. The molecule has 2 fully saturated rings. The lowest BCUT2D eigenvalue weighted by molar-refractivity contribution is -0.130. The van der Waals surface area contributed by atoms with Crippen molar-refractivity contribution in [1.82, 2.24) is 59.3 Å². The Balaban J connectivity index is 0.000000181. The zero-order valence-corrected chi connectivity index (χ0v) is 33.9. The Morgan fingerprint density at radius 2 is 1.17 bits per heavy atom. The molecule has 18 nitrogen and oxygen atoms in total. The van der Waals surface area contributed by atoms with E-state index in [1.165, 1.54) is 22.0 Å². The summed E-state index contributed by atoms with van der Waals surface area (Å²) < 4.78 is 44.8. The summed E-state index contributed by atoms with van der Waals surface area (Å²) in [6, 6.07) is 0. The summed E-state index contributed by atoms with van der Waals surface area (Å²) in [5, 5.41) is 16.0. The molecule has 0 unspecified atom stereocenters. The summed E-state index contributed by atoms with van der Waals surface area (Å²) in [5.74, 6) is 0.669. The van der Waals surface area contributed by atoms with E-state index in [4.69, 9.17) is 9.47 Å². The fourth-order valence-corrected chi connectivity index (χ4v) is 6.98. The number of ether oxygens (including phenoxy) is 2. The molecule has 4 atom stereocenters. The highest BCUT2D eigenvalue weighted by molar-refractivity contribution is 5.88. The number of likely N-dealkylation sites (tertiary alicyclic amines) is 2. The number of halogens is 2. The predicted octanol–water partition coefficient (Wildman–Crippen LogP) is 5.46. The number of carbonyl (C=O) groups excluding carboxylic acids is 2. The molecule has 0 aliphatic carbocycles. The fourth-order valence-electron chi connectivity index (χ4n) is 6.98. The molecular formula is C40H48F2N14O4. The number of anilines is 4. The number of carbonyl (C=O) groups is 2. The van der Waals surface area contributed by atoms with E-state index in [-0.39, 0.29) is 49.5 Å². The van der Waals surface area contributed by atoms with Crippen molar-refractivity contribution in [3.05, 3.63) is 73.6 Å². The molecule has 0 radical (unpaired) electrons. The number of alkyl halides is 2. The third-order valence-corrected chi connectivity index (χ3v) is 10.3. The topological polar surface area (TPSA) is 202 Å². The molecule has 0 spiro atoms. The number of aryl methyl sites for hydroxylation is 4. The van der Waals surface area contributed by atoms with Crippen LogP contribution in [-0.4, -0.2) is 122 Å². The largest absolute Gasteiger partial charge is 0.469 e. The molecule has 2 amide bonds. The van der Waals surface area contributed by atoms with Gasteiger partial charge in [0.05, 0.1) is 47.6 Å². The van der Waals surface area contributed by atoms with Gasteiger partial charge in [-0.25, -0.2) is 8.78 Å². The van der Waals surface area contributed by atoms with E-state index in [1.54, 1.807) is 34.2 Å². The number of aromatic nitrogens is 10. The van der Waals surface area contributed by atoms with Crippen molar-refractivity contribution in [1.29, 1.82) is 0 Å². The number of hydrogen-bond acceptors (Lipinski definition) is 12. The average Bonchev–Trinajstić information content (AvgIpc) is 4.07. The highest BCUT2D eigenvalue weighted by Gasteiger charge is 2.35. The van der Waals surface area contributed by atoms with Crippen LogP contribution in [0, 0.1) is 13.8 Å². The van der Waals surface area contributed by atoms with Gasteiger partial charge in [-0.3, -0.25) is 19.0 Å². The molecule has 0 saturated carbocycles. The van der Waals surface area contributed by atoms with Crippen molar-refractivity contribution in [3.8, 4) is 11.8 Å². The van der Waals surface area contributed by atoms with Crippen LogP contribution >= 0.6 is 0 Å². The summed E-state index contributed by atoms with van der Waals surface area (Å²) in [5.41, 5.74) is 4.39. The SMILES string of the molecule is C=CC(=O)N1CC[C@@H](F)[C@@H](Oc2nc(Nc3cnn(CC)c3)nc3[nH]cc(C)c23)C1.C=CC(=O)N1CC[C@H](F)[C@H](Oc2nc(Nc3cnn(CC)c3)nc3[nH]cc(C)c23)C1. The molecule has 20 heteroatoms. The fraction of sp³-hybridized carbons (Fsp3) is 0.400. The minimum atomic E-state index is -1.21. The number of H-pyrrole nitrogens is 2. The number of aromatic amines is 2. The van der Waals surface area contributed by atoms with E-state index in [0.717, 1.165) is 35.6 Å². The minimum Gasteiger partial charge on any atom is -0.469 e. The third-order valence-electron chi connectivity index (χ3n) is 10.3. The first-order valence-corrected chi connectivity index (χ1v) is 19.7. The third kappa shape index (κ3) is 9.06. The zero-order valence-electron chi connectivity index (χ0n) is 33.9. The van der Waals surface area contributed by atoms with Crippen molar-refractivity contribution in [2.24, 2.45) is 0 Å². The van der Waals surface area contributed by atoms with Crippen molar-refractivity contribution >= 4 is 57.2 Å². The van der Waals surface area contributed by atoms with Gasteiger partial charge in [-0.15, -0.1) is 0 Å². The number of piperidine rings is 2. The molecule has 8 rings (SSSR count). The first kappa shape index (κ1) is 41.3. The Hall–Kier alpha value is -6.86. The number of nitrogens with zero attached hydrogens (tertiary/aromatic N) is 10. The van der Waals surface area contributed by atoms with Crippen molar-refractivity contribution in [3.63, 3.8) is 0 Å². The minimum absolute atomic E-state index is 0.132. The summed E-state index contributed by atoms with van der Waals surface area (Å²) in [4.78, 5) is 51.1. The van der Waals surface area contributed by atoms with Crippen molar-refractivity contribution in [2.75, 3.05) is 36.8 Å². The zero-order chi connectivity index (χ0) is 42.5. The molecule has 316 valence electrons. The van der Waals surface area contributed by atoms with Gasteiger partial charge in [0.1, 0.15) is 35.8 Å². The van der Waals surface area contributed by atoms with Crippen molar-refractivity contribution < 1.29 is 27.8 Å². The van der Waals surface area contributed by atoms with Gasteiger partial charge in [0.2, 0.25) is 35.5 Å². The molecule has 2 saturated heterocycles. The summed E-state index contributed by atoms with van der Waals surface area (Å²) >= 11 is 0. The second-order valence-corrected chi connectivity index (χ2v) is 14.4. The quantitative estimate of drug-likeness (QED) is 0.114. The number of hydrogen-bond donors (Lipinski definition) is 4. The molecule has 4 N–H and O–H groups in total. The van der Waals surface area contributed by atoms with Crippen LogP contribution < -0.4 is 20.1 Å². The number of rotatable bonds is 12. The van der Waals surface area contributed by atoms with Gasteiger partial charge in [-0.2, -0.15) is 30.1 Å². The van der Waals surface area contributed by atoms with Gasteiger partial charge in [-0.05, 0) is 63.8 Å². The lowest BCUT2D eigenvalue weighted by Crippen LogP contribution is -2.49. The van der Waals surface area contributed by atoms with Crippen LogP contribution in [0.25, 0.3) is 22.1 Å². The number of nitrogens with one attached hydrogen (secondary N) is 4. The first-order chi connectivity index (χ1) is 29.0. The van der Waals surface area contributed by atoms with Gasteiger partial charge < -0.3 is 39.9 Å². The van der Waals surface area contributed by atoms with Gasteiger partial charge in [0.25, 0.3) is 0 Å². The maximum Gasteiger partial charge on any atom is 0.246 e. The lowest BCUT2D eigenvalue weighted by atomic mass is 10.1. The molecule has 0 bridgehead atoms. The Labute approximate surface area is 344 Å². The first-order valence-electron chi connectivity index (χ1n) is 19.7. The maximum absolute atomic E-state index is 14.6. The Bertz CT molecular complexity index is 2320. The normalized spacial score (nSPS) is 19.1. The molecule has 6 aromatic heterocycles. The van der Waals surface area contributed by atoms with Crippen LogP contribution in [0.4, 0.5) is 32.1 Å². The summed E-state index contributed by atoms with van der Waals surface area (Å²) in [6.45, 7) is 17.2. The van der Waals surface area contributed by atoms with Gasteiger partial charge in [-0.1, -0.05) is 13.2 Å². The van der Waals surface area contributed by atoms with Crippen LogP contribution in [0.5, 0.6) is 11.8 Å². The summed E-state index contributed by atoms with van der Waals surface area (Å²) in [6.07, 6.45) is 9.42. The number of fused-ring (bicyclic) bond motifs is 2. The van der Waals surface area contributed by atoms with Gasteiger partial charge in [0, 0.05) is 51.0 Å². The van der Waals surface area contributed by atoms with E-state index in [9.17, 15) is 18.4 Å². The van der Waals surface area contributed by atoms with Crippen LogP contribution in [0.2, 0.25) is 0 Å². The predicted molar refractivity (Wildman–Crippen MR) is 221 cm³/mol. The highest BCUT2D eigenvalue weighted by atomic mass is 19.1. The van der Waals surface area contributed by atoms with Crippen LogP contribution in [0.1, 0.15) is 37.8 Å².